The van der Waals surface area contributed by atoms with E-state index in [1.54, 1.807) is 17.0 Å². The van der Waals surface area contributed by atoms with Gasteiger partial charge in [0.1, 0.15) is 5.60 Å². The summed E-state index contributed by atoms with van der Waals surface area (Å²) in [7, 11) is 0. The van der Waals surface area contributed by atoms with Crippen LogP contribution in [0.25, 0.3) is 0 Å². The lowest BCUT2D eigenvalue weighted by atomic mass is 10.1. The number of carbonyl (C=O) groups excluding carboxylic acids is 2. The minimum atomic E-state index is -0.593. The monoisotopic (exact) mass is 471 g/mol. The molecule has 3 rings (SSSR count). The van der Waals surface area contributed by atoms with Gasteiger partial charge in [-0.15, -0.1) is 0 Å². The number of ether oxygens (including phenoxy) is 1. The van der Waals surface area contributed by atoms with Gasteiger partial charge in [0.25, 0.3) is 11.6 Å². The van der Waals surface area contributed by atoms with E-state index in [9.17, 15) is 19.7 Å². The zero-order chi connectivity index (χ0) is 24.2. The Kier molecular flexibility index (Phi) is 7.63. The van der Waals surface area contributed by atoms with Crippen molar-refractivity contribution in [2.45, 2.75) is 62.0 Å². The van der Waals surface area contributed by atoms with E-state index in [0.717, 1.165) is 23.3 Å². The first-order chi connectivity index (χ1) is 15.5. The number of benzene rings is 2. The number of nitro benzene ring substituents is 1. The van der Waals surface area contributed by atoms with Gasteiger partial charge in [-0.2, -0.15) is 0 Å². The molecule has 1 unspecified atom stereocenters. The summed E-state index contributed by atoms with van der Waals surface area (Å²) < 4.78 is 5.45. The molecule has 0 spiro atoms. The second-order valence-corrected chi connectivity index (χ2v) is 10.1. The van der Waals surface area contributed by atoms with Crippen LogP contribution in [-0.4, -0.2) is 46.6 Å². The third-order valence-electron chi connectivity index (χ3n) is 5.17. The maximum absolute atomic E-state index is 12.7. The molecule has 1 N–H and O–H groups in total. The Labute approximate surface area is 197 Å². The maximum atomic E-state index is 12.7. The molecule has 0 saturated carbocycles. The number of rotatable bonds is 6. The lowest BCUT2D eigenvalue weighted by molar-refractivity contribution is -0.387. The standard InChI is InChI=1S/C24H29N3O5S/c1-16-7-10-19(11-8-16)33-21-12-9-17(14-20(21)27(30)31)22(28)25-15-18-6-5-13-26(18)23(29)32-24(2,3)4/h7-12,14,18H,5-6,13,15H2,1-4H3,(H,25,28). The summed E-state index contributed by atoms with van der Waals surface area (Å²) in [6, 6.07) is 12.0. The highest BCUT2D eigenvalue weighted by Gasteiger charge is 2.32. The molecule has 1 atom stereocenters. The van der Waals surface area contributed by atoms with E-state index in [2.05, 4.69) is 5.32 Å². The lowest BCUT2D eigenvalue weighted by Gasteiger charge is -2.28. The molecule has 8 nitrogen and oxygen atoms in total. The zero-order valence-electron chi connectivity index (χ0n) is 19.3. The van der Waals surface area contributed by atoms with E-state index in [0.29, 0.717) is 11.4 Å². The molecule has 9 heteroatoms. The van der Waals surface area contributed by atoms with Crippen LogP contribution in [0.2, 0.25) is 0 Å². The highest BCUT2D eigenvalue weighted by Crippen LogP contribution is 2.35. The van der Waals surface area contributed by atoms with Crippen molar-refractivity contribution in [2.75, 3.05) is 13.1 Å². The van der Waals surface area contributed by atoms with Crippen LogP contribution >= 0.6 is 11.8 Å². The third-order valence-corrected chi connectivity index (χ3v) is 6.24. The highest BCUT2D eigenvalue weighted by atomic mass is 32.2. The Morgan fingerprint density at radius 3 is 2.55 bits per heavy atom. The third kappa shape index (κ3) is 6.71. The predicted molar refractivity (Wildman–Crippen MR) is 127 cm³/mol. The van der Waals surface area contributed by atoms with Gasteiger partial charge in [-0.3, -0.25) is 14.9 Å². The molecular weight excluding hydrogens is 442 g/mol. The van der Waals surface area contributed by atoms with Crippen molar-refractivity contribution in [3.8, 4) is 0 Å². The van der Waals surface area contributed by atoms with Crippen LogP contribution in [-0.2, 0) is 4.74 Å². The molecular formula is C24H29N3O5S. The lowest BCUT2D eigenvalue weighted by Crippen LogP contribution is -2.45. The van der Waals surface area contributed by atoms with Gasteiger partial charge < -0.3 is 15.0 Å². The van der Waals surface area contributed by atoms with Crippen molar-refractivity contribution in [3.05, 3.63) is 63.7 Å². The van der Waals surface area contributed by atoms with E-state index in [4.69, 9.17) is 4.74 Å². The SMILES string of the molecule is Cc1ccc(Sc2ccc(C(=O)NCC3CCCN3C(=O)OC(C)(C)C)cc2[N+](=O)[O-])cc1. The van der Waals surface area contributed by atoms with Gasteiger partial charge in [0.15, 0.2) is 0 Å². The van der Waals surface area contributed by atoms with E-state index in [1.165, 1.54) is 17.8 Å². The molecule has 1 aliphatic rings. The van der Waals surface area contributed by atoms with Gasteiger partial charge in [0.05, 0.1) is 15.9 Å². The van der Waals surface area contributed by atoms with Crippen LogP contribution in [0.4, 0.5) is 10.5 Å². The Hall–Kier alpha value is -3.07. The molecule has 1 heterocycles. The van der Waals surface area contributed by atoms with Gasteiger partial charge in [-0.05, 0) is 64.8 Å². The largest absolute Gasteiger partial charge is 0.444 e. The fourth-order valence-electron chi connectivity index (χ4n) is 3.54. The molecule has 0 aliphatic carbocycles. The predicted octanol–water partition coefficient (Wildman–Crippen LogP) is 5.18. The molecule has 1 saturated heterocycles. The van der Waals surface area contributed by atoms with E-state index < -0.39 is 22.5 Å². The summed E-state index contributed by atoms with van der Waals surface area (Å²) in [6.45, 7) is 8.24. The molecule has 176 valence electrons. The second kappa shape index (κ2) is 10.2. The first-order valence-electron chi connectivity index (χ1n) is 10.8. The Morgan fingerprint density at radius 1 is 1.21 bits per heavy atom. The first-order valence-corrected chi connectivity index (χ1v) is 11.7. The molecule has 2 aromatic rings. The molecule has 2 aromatic carbocycles. The number of nitro groups is 1. The van der Waals surface area contributed by atoms with Crippen molar-refractivity contribution < 1.29 is 19.2 Å². The Balaban J connectivity index is 1.67. The summed E-state index contributed by atoms with van der Waals surface area (Å²) in [4.78, 5) is 39.3. The molecule has 2 amide bonds. The van der Waals surface area contributed by atoms with Crippen LogP contribution in [0, 0.1) is 17.0 Å². The molecule has 33 heavy (non-hydrogen) atoms. The molecule has 0 aromatic heterocycles. The fraction of sp³-hybridized carbons (Fsp3) is 0.417. The van der Waals surface area contributed by atoms with Crippen LogP contribution in [0.15, 0.2) is 52.3 Å². The van der Waals surface area contributed by atoms with E-state index >= 15 is 0 Å². The van der Waals surface area contributed by atoms with Crippen LogP contribution in [0.5, 0.6) is 0 Å². The average molecular weight is 472 g/mol. The van der Waals surface area contributed by atoms with E-state index in [1.807, 2.05) is 52.0 Å². The van der Waals surface area contributed by atoms with Crippen molar-refractivity contribution in [2.24, 2.45) is 0 Å². The smallest absolute Gasteiger partial charge is 0.410 e. The summed E-state index contributed by atoms with van der Waals surface area (Å²) in [5, 5.41) is 14.5. The molecule has 0 radical (unpaired) electrons. The molecule has 1 aliphatic heterocycles. The van der Waals surface area contributed by atoms with Crippen molar-refractivity contribution in [1.82, 2.24) is 10.2 Å². The minimum absolute atomic E-state index is 0.121. The summed E-state index contributed by atoms with van der Waals surface area (Å²) in [6.07, 6.45) is 1.19. The minimum Gasteiger partial charge on any atom is -0.444 e. The van der Waals surface area contributed by atoms with Crippen molar-refractivity contribution in [3.63, 3.8) is 0 Å². The fourth-order valence-corrected chi connectivity index (χ4v) is 4.44. The number of amides is 2. The summed E-state index contributed by atoms with van der Waals surface area (Å²) in [5.74, 6) is -0.416. The quantitative estimate of drug-likeness (QED) is 0.460. The highest BCUT2D eigenvalue weighted by molar-refractivity contribution is 7.99. The Morgan fingerprint density at radius 2 is 1.91 bits per heavy atom. The number of nitrogens with one attached hydrogen (secondary N) is 1. The van der Waals surface area contributed by atoms with Crippen LogP contribution in [0.1, 0.15) is 49.5 Å². The van der Waals surface area contributed by atoms with Crippen LogP contribution in [0.3, 0.4) is 0 Å². The van der Waals surface area contributed by atoms with Crippen molar-refractivity contribution in [1.29, 1.82) is 0 Å². The normalized spacial score (nSPS) is 15.9. The van der Waals surface area contributed by atoms with Crippen LogP contribution < -0.4 is 5.32 Å². The molecule has 1 fully saturated rings. The Bertz CT molecular complexity index is 1030. The number of hydrogen-bond acceptors (Lipinski definition) is 6. The van der Waals surface area contributed by atoms with Gasteiger partial charge in [0.2, 0.25) is 0 Å². The summed E-state index contributed by atoms with van der Waals surface area (Å²) in [5.41, 5.74) is 0.597. The number of hydrogen-bond donors (Lipinski definition) is 1. The van der Waals surface area contributed by atoms with Gasteiger partial charge >= 0.3 is 6.09 Å². The van der Waals surface area contributed by atoms with E-state index in [-0.39, 0.29) is 23.8 Å². The van der Waals surface area contributed by atoms with Gasteiger partial charge in [0, 0.05) is 29.6 Å². The average Bonchev–Trinajstić information content (AvgIpc) is 3.21. The number of carbonyl (C=O) groups is 2. The number of likely N-dealkylation sites (tertiary alicyclic amines) is 1. The first kappa shape index (κ1) is 24.6. The topological polar surface area (TPSA) is 102 Å². The molecule has 0 bridgehead atoms. The van der Waals surface area contributed by atoms with Gasteiger partial charge in [-0.1, -0.05) is 29.5 Å². The van der Waals surface area contributed by atoms with Gasteiger partial charge in [-0.25, -0.2) is 4.79 Å². The zero-order valence-corrected chi connectivity index (χ0v) is 20.1. The van der Waals surface area contributed by atoms with Crippen molar-refractivity contribution >= 4 is 29.4 Å². The number of aryl methyl sites for hydroxylation is 1. The second-order valence-electron chi connectivity index (χ2n) is 9.03. The maximum Gasteiger partial charge on any atom is 0.410 e. The summed E-state index contributed by atoms with van der Waals surface area (Å²) >= 11 is 1.28. The number of nitrogens with zero attached hydrogens (tertiary/aromatic N) is 2.